The summed E-state index contributed by atoms with van der Waals surface area (Å²) in [6, 6.07) is 1.90. The number of fused-ring (bicyclic) bond motifs is 1. The van der Waals surface area contributed by atoms with Gasteiger partial charge in [0.15, 0.2) is 0 Å². The third-order valence-corrected chi connectivity index (χ3v) is 10.2. The number of likely N-dealkylation sites (tertiary alicyclic amines) is 2. The summed E-state index contributed by atoms with van der Waals surface area (Å²) in [5, 5.41) is 3.55. The second kappa shape index (κ2) is 6.44. The van der Waals surface area contributed by atoms with Gasteiger partial charge in [-0.05, 0) is 119 Å². The number of rotatable bonds is 2. The van der Waals surface area contributed by atoms with E-state index in [0.717, 1.165) is 40.7 Å². The molecule has 3 saturated carbocycles. The maximum atomic E-state index is 3.55. The van der Waals surface area contributed by atoms with Gasteiger partial charge in [-0.15, -0.1) is 0 Å². The first-order valence-corrected chi connectivity index (χ1v) is 12.3. The molecule has 0 aromatic carbocycles. The van der Waals surface area contributed by atoms with Gasteiger partial charge in [-0.3, -0.25) is 4.90 Å². The molecule has 1 N–H and O–H groups in total. The van der Waals surface area contributed by atoms with Crippen molar-refractivity contribution in [3.05, 3.63) is 0 Å². The summed E-state index contributed by atoms with van der Waals surface area (Å²) < 4.78 is 0. The number of hydrogen-bond donors (Lipinski definition) is 1. The lowest BCUT2D eigenvalue weighted by molar-refractivity contribution is -0.0796. The molecule has 0 aromatic rings. The van der Waals surface area contributed by atoms with E-state index >= 15 is 0 Å². The second-order valence-corrected chi connectivity index (χ2v) is 12.0. The monoisotopic (exact) mass is 371 g/mol. The lowest BCUT2D eigenvalue weighted by Crippen LogP contribution is -2.59. The Labute approximate surface area is 166 Å². The predicted molar refractivity (Wildman–Crippen MR) is 111 cm³/mol. The molecule has 27 heavy (non-hydrogen) atoms. The third kappa shape index (κ3) is 3.02. The molecular weight excluding hydrogens is 330 g/mol. The van der Waals surface area contributed by atoms with Crippen LogP contribution in [0.4, 0.5) is 0 Å². The van der Waals surface area contributed by atoms with Crippen molar-refractivity contribution >= 4 is 0 Å². The van der Waals surface area contributed by atoms with Crippen molar-refractivity contribution < 1.29 is 0 Å². The van der Waals surface area contributed by atoms with E-state index in [-0.39, 0.29) is 0 Å². The number of piperidine rings is 2. The molecule has 6 rings (SSSR count). The zero-order valence-electron chi connectivity index (χ0n) is 17.6. The van der Waals surface area contributed by atoms with Gasteiger partial charge in [-0.2, -0.15) is 0 Å². The first-order chi connectivity index (χ1) is 13.1. The van der Waals surface area contributed by atoms with Gasteiger partial charge < -0.3 is 10.2 Å². The molecule has 0 aromatic heterocycles. The minimum atomic E-state index is 0.748. The van der Waals surface area contributed by atoms with Gasteiger partial charge in [0.25, 0.3) is 0 Å². The minimum Gasteiger partial charge on any atom is -0.317 e. The zero-order chi connectivity index (χ0) is 18.1. The summed E-state index contributed by atoms with van der Waals surface area (Å²) >= 11 is 0. The molecule has 0 radical (unpaired) electrons. The molecule has 2 unspecified atom stereocenters. The van der Waals surface area contributed by atoms with E-state index in [9.17, 15) is 0 Å². The summed E-state index contributed by atoms with van der Waals surface area (Å²) in [5.41, 5.74) is 1.50. The molecule has 152 valence electrons. The van der Waals surface area contributed by atoms with Crippen molar-refractivity contribution in [2.24, 2.45) is 28.6 Å². The summed E-state index contributed by atoms with van der Waals surface area (Å²) in [4.78, 5) is 5.82. The van der Waals surface area contributed by atoms with E-state index in [2.05, 4.69) is 22.0 Å². The van der Waals surface area contributed by atoms with Crippen molar-refractivity contribution in [3.8, 4) is 0 Å². The summed E-state index contributed by atoms with van der Waals surface area (Å²) in [5.74, 6) is 3.12. The van der Waals surface area contributed by atoms with Crippen LogP contribution in [0.5, 0.6) is 0 Å². The second-order valence-electron chi connectivity index (χ2n) is 12.0. The topological polar surface area (TPSA) is 18.5 Å². The maximum absolute atomic E-state index is 3.55. The van der Waals surface area contributed by atoms with Crippen molar-refractivity contribution in [1.29, 1.82) is 0 Å². The quantitative estimate of drug-likeness (QED) is 0.798. The molecular formula is C24H41N3. The summed E-state index contributed by atoms with van der Waals surface area (Å²) in [7, 11) is 0. The normalized spacial score (nSPS) is 44.3. The molecule has 3 heteroatoms. The highest BCUT2D eigenvalue weighted by Crippen LogP contribution is 2.55. The van der Waals surface area contributed by atoms with Gasteiger partial charge in [0.2, 0.25) is 0 Å². The average Bonchev–Trinajstić information content (AvgIpc) is 3.15. The van der Waals surface area contributed by atoms with Crippen LogP contribution in [0.25, 0.3) is 0 Å². The van der Waals surface area contributed by atoms with Gasteiger partial charge >= 0.3 is 0 Å². The van der Waals surface area contributed by atoms with Crippen LogP contribution in [-0.2, 0) is 0 Å². The highest BCUT2D eigenvalue weighted by atomic mass is 15.2. The Kier molecular flexibility index (Phi) is 4.22. The highest BCUT2D eigenvalue weighted by Gasteiger charge is 2.53. The average molecular weight is 372 g/mol. The minimum absolute atomic E-state index is 0.748. The van der Waals surface area contributed by atoms with Crippen molar-refractivity contribution in [2.75, 3.05) is 39.3 Å². The molecule has 3 aliphatic heterocycles. The predicted octanol–water partition coefficient (Wildman–Crippen LogP) is 3.74. The smallest absolute Gasteiger partial charge is 0.0106 e. The van der Waals surface area contributed by atoms with Gasteiger partial charge in [0, 0.05) is 25.2 Å². The van der Waals surface area contributed by atoms with Crippen molar-refractivity contribution in [1.82, 2.24) is 15.1 Å². The fourth-order valence-corrected chi connectivity index (χ4v) is 8.47. The van der Waals surface area contributed by atoms with Crippen LogP contribution in [0, 0.1) is 28.6 Å². The highest BCUT2D eigenvalue weighted by molar-refractivity contribution is 5.07. The first-order valence-electron chi connectivity index (χ1n) is 12.3. The molecule has 3 saturated heterocycles. The Morgan fingerprint density at radius 3 is 1.81 bits per heavy atom. The third-order valence-electron chi connectivity index (χ3n) is 10.2. The number of nitrogens with zero attached hydrogens (tertiary/aromatic N) is 2. The summed E-state index contributed by atoms with van der Waals surface area (Å²) in [6.07, 6.45) is 15.0. The molecule has 3 heterocycles. The molecule has 6 fully saturated rings. The van der Waals surface area contributed by atoms with Crippen LogP contribution in [0.1, 0.15) is 71.1 Å². The zero-order valence-corrected chi connectivity index (χ0v) is 17.6. The molecule has 0 bridgehead atoms. The molecule has 0 amide bonds. The Bertz CT molecular complexity index is 530. The standard InChI is InChI=1S/C24H41N3/c1-18-10-19-16-27(17-20(19)11-18)22-14-24(15-22)4-8-26(9-5-24)21-12-23(13-21)2-6-25-7-3-23/h18-22,25H,2-17H2,1H3. The Morgan fingerprint density at radius 1 is 0.704 bits per heavy atom. The van der Waals surface area contributed by atoms with E-state index in [1.165, 1.54) is 103 Å². The largest absolute Gasteiger partial charge is 0.317 e. The van der Waals surface area contributed by atoms with E-state index < -0.39 is 0 Å². The number of hydrogen-bond acceptors (Lipinski definition) is 3. The molecule has 2 spiro atoms. The van der Waals surface area contributed by atoms with E-state index in [0.29, 0.717) is 0 Å². The van der Waals surface area contributed by atoms with Gasteiger partial charge in [-0.1, -0.05) is 6.92 Å². The van der Waals surface area contributed by atoms with Crippen LogP contribution in [0.2, 0.25) is 0 Å². The molecule has 2 atom stereocenters. The first kappa shape index (κ1) is 17.7. The van der Waals surface area contributed by atoms with Crippen LogP contribution >= 0.6 is 0 Å². The summed E-state index contributed by atoms with van der Waals surface area (Å²) in [6.45, 7) is 10.7. The van der Waals surface area contributed by atoms with Gasteiger partial charge in [0.05, 0.1) is 0 Å². The van der Waals surface area contributed by atoms with Crippen LogP contribution < -0.4 is 5.32 Å². The van der Waals surface area contributed by atoms with E-state index in [1.54, 1.807) is 0 Å². The van der Waals surface area contributed by atoms with Crippen molar-refractivity contribution in [3.63, 3.8) is 0 Å². The SMILES string of the molecule is CC1CC2CN(C3CC4(CCN(C5CC6(CCNCC6)C5)CC4)C3)CC2C1. The van der Waals surface area contributed by atoms with E-state index in [4.69, 9.17) is 0 Å². The Hall–Kier alpha value is -0.120. The fraction of sp³-hybridized carbons (Fsp3) is 1.00. The fourth-order valence-electron chi connectivity index (χ4n) is 8.47. The van der Waals surface area contributed by atoms with E-state index in [1.807, 2.05) is 0 Å². The van der Waals surface area contributed by atoms with Crippen molar-refractivity contribution in [2.45, 2.75) is 83.2 Å². The lowest BCUT2D eigenvalue weighted by atomic mass is 9.57. The van der Waals surface area contributed by atoms with Gasteiger partial charge in [0.1, 0.15) is 0 Å². The number of nitrogens with one attached hydrogen (secondary N) is 1. The molecule has 6 aliphatic rings. The van der Waals surface area contributed by atoms with Crippen LogP contribution in [0.3, 0.4) is 0 Å². The van der Waals surface area contributed by atoms with Crippen LogP contribution in [-0.4, -0.2) is 61.2 Å². The molecule has 3 nitrogen and oxygen atoms in total. The maximum Gasteiger partial charge on any atom is 0.0106 e. The van der Waals surface area contributed by atoms with Crippen LogP contribution in [0.15, 0.2) is 0 Å². The van der Waals surface area contributed by atoms with Gasteiger partial charge in [-0.25, -0.2) is 0 Å². The molecule has 3 aliphatic carbocycles. The lowest BCUT2D eigenvalue weighted by Gasteiger charge is -2.59. The Morgan fingerprint density at radius 2 is 1.22 bits per heavy atom. The Balaban J connectivity index is 0.963.